The maximum Gasteiger partial charge on any atom is 0.245 e. The van der Waals surface area contributed by atoms with E-state index < -0.39 is 15.6 Å². The van der Waals surface area contributed by atoms with E-state index in [9.17, 15) is 13.2 Å². The Morgan fingerprint density at radius 2 is 2.00 bits per heavy atom. The molecule has 2 rings (SSSR count). The van der Waals surface area contributed by atoms with Crippen LogP contribution in [0.2, 0.25) is 0 Å². The van der Waals surface area contributed by atoms with E-state index in [2.05, 4.69) is 5.32 Å². The number of piperazine rings is 1. The van der Waals surface area contributed by atoms with Crippen molar-refractivity contribution < 1.29 is 13.2 Å². The molecular weight excluding hydrogens is 280 g/mol. The third-order valence-electron chi connectivity index (χ3n) is 3.47. The normalized spacial score (nSPS) is 18.8. The first kappa shape index (κ1) is 14.6. The number of carbonyl (C=O) groups excluding carboxylic acids is 1. The summed E-state index contributed by atoms with van der Waals surface area (Å²) in [7, 11) is -3.79. The second-order valence-corrected chi connectivity index (χ2v) is 6.79. The number of nitrogens with two attached hydrogens (primary N) is 2. The Hall–Kier alpha value is -1.80. The highest BCUT2D eigenvalue weighted by Crippen LogP contribution is 2.32. The molecule has 0 aromatic heterocycles. The van der Waals surface area contributed by atoms with E-state index in [0.717, 1.165) is 0 Å². The van der Waals surface area contributed by atoms with Crippen LogP contribution in [0.15, 0.2) is 23.1 Å². The van der Waals surface area contributed by atoms with E-state index >= 15 is 0 Å². The monoisotopic (exact) mass is 298 g/mol. The number of hydrogen-bond acceptors (Lipinski definition) is 5. The lowest BCUT2D eigenvalue weighted by atomic mass is 9.97. The molecule has 1 aliphatic rings. The number of nitrogens with one attached hydrogen (secondary N) is 1. The lowest BCUT2D eigenvalue weighted by Gasteiger charge is -2.43. The van der Waals surface area contributed by atoms with E-state index in [1.165, 1.54) is 12.1 Å². The van der Waals surface area contributed by atoms with Crippen molar-refractivity contribution in [2.75, 3.05) is 23.7 Å². The Labute approximate surface area is 118 Å². The number of nitrogen functional groups attached to an aromatic ring is 1. The number of carbonyl (C=O) groups is 1. The van der Waals surface area contributed by atoms with Crippen molar-refractivity contribution in [1.82, 2.24) is 5.32 Å². The fraction of sp³-hybridized carbons (Fsp3) is 0.417. The van der Waals surface area contributed by atoms with Crippen LogP contribution in [0, 0.1) is 0 Å². The number of primary sulfonamides is 1. The van der Waals surface area contributed by atoms with Gasteiger partial charge in [-0.1, -0.05) is 0 Å². The van der Waals surface area contributed by atoms with Crippen molar-refractivity contribution in [2.24, 2.45) is 5.14 Å². The van der Waals surface area contributed by atoms with Crippen molar-refractivity contribution in [3.63, 3.8) is 0 Å². The third kappa shape index (κ3) is 2.44. The Bertz CT molecular complexity index is 655. The summed E-state index contributed by atoms with van der Waals surface area (Å²) < 4.78 is 22.6. The van der Waals surface area contributed by atoms with Gasteiger partial charge in [0.25, 0.3) is 0 Å². The molecule has 1 saturated heterocycles. The molecule has 20 heavy (non-hydrogen) atoms. The first-order valence-electron chi connectivity index (χ1n) is 6.12. The van der Waals surface area contributed by atoms with Gasteiger partial charge < -0.3 is 16.0 Å². The number of nitrogens with zero attached hydrogens (tertiary/aromatic N) is 1. The topological polar surface area (TPSA) is 119 Å². The molecule has 0 aliphatic carbocycles. The summed E-state index contributed by atoms with van der Waals surface area (Å²) in [5.74, 6) is -0.0985. The molecule has 1 aromatic rings. The molecule has 1 fully saturated rings. The third-order valence-corrected chi connectivity index (χ3v) is 4.38. The van der Waals surface area contributed by atoms with E-state index in [1.807, 2.05) is 4.90 Å². The number of amides is 1. The summed E-state index contributed by atoms with van der Waals surface area (Å²) in [5.41, 5.74) is 6.07. The summed E-state index contributed by atoms with van der Waals surface area (Å²) in [6.07, 6.45) is 0. The number of sulfonamides is 1. The van der Waals surface area contributed by atoms with Crippen molar-refractivity contribution >= 4 is 27.3 Å². The zero-order valence-corrected chi connectivity index (χ0v) is 12.2. The zero-order chi connectivity index (χ0) is 15.1. The molecular formula is C12H18N4O3S. The fourth-order valence-electron chi connectivity index (χ4n) is 2.28. The van der Waals surface area contributed by atoms with Crippen LogP contribution in [-0.2, 0) is 14.8 Å². The van der Waals surface area contributed by atoms with Crippen LogP contribution in [0.1, 0.15) is 13.8 Å². The fourth-order valence-corrected chi connectivity index (χ4v) is 2.83. The summed E-state index contributed by atoms with van der Waals surface area (Å²) in [5, 5.41) is 7.86. The van der Waals surface area contributed by atoms with Crippen LogP contribution in [0.3, 0.4) is 0 Å². The first-order valence-corrected chi connectivity index (χ1v) is 7.67. The molecule has 0 unspecified atom stereocenters. The van der Waals surface area contributed by atoms with Crippen LogP contribution in [0.4, 0.5) is 11.4 Å². The number of rotatable bonds is 2. The van der Waals surface area contributed by atoms with Crippen molar-refractivity contribution in [1.29, 1.82) is 0 Å². The molecule has 0 saturated carbocycles. The van der Waals surface area contributed by atoms with Gasteiger partial charge in [0.05, 0.1) is 16.3 Å². The highest BCUT2D eigenvalue weighted by molar-refractivity contribution is 7.89. The van der Waals surface area contributed by atoms with Crippen LogP contribution in [0.25, 0.3) is 0 Å². The second kappa shape index (κ2) is 4.64. The smallest absolute Gasteiger partial charge is 0.245 e. The predicted octanol–water partition coefficient (Wildman–Crippen LogP) is -0.369. The summed E-state index contributed by atoms with van der Waals surface area (Å²) in [6, 6.07) is 4.28. The maximum absolute atomic E-state index is 11.9. The maximum atomic E-state index is 11.9. The molecule has 0 radical (unpaired) electrons. The van der Waals surface area contributed by atoms with Gasteiger partial charge in [0.15, 0.2) is 0 Å². The molecule has 1 amide bonds. The van der Waals surface area contributed by atoms with E-state index in [1.54, 1.807) is 19.9 Å². The van der Waals surface area contributed by atoms with Crippen molar-refractivity contribution in [2.45, 2.75) is 24.3 Å². The number of hydrogen-bond donors (Lipinski definition) is 3. The predicted molar refractivity (Wildman–Crippen MR) is 76.7 cm³/mol. The quantitative estimate of drug-likeness (QED) is 0.644. The first-order chi connectivity index (χ1) is 9.14. The van der Waals surface area contributed by atoms with Crippen molar-refractivity contribution in [3.8, 4) is 0 Å². The minimum Gasteiger partial charge on any atom is -0.397 e. The molecule has 8 heteroatoms. The molecule has 0 bridgehead atoms. The molecule has 7 nitrogen and oxygen atoms in total. The average molecular weight is 298 g/mol. The van der Waals surface area contributed by atoms with Crippen LogP contribution < -0.4 is 21.1 Å². The average Bonchev–Trinajstić information content (AvgIpc) is 2.32. The number of benzene rings is 1. The molecule has 5 N–H and O–H groups in total. The zero-order valence-electron chi connectivity index (χ0n) is 11.4. The highest BCUT2D eigenvalue weighted by atomic mass is 32.2. The summed E-state index contributed by atoms with van der Waals surface area (Å²) in [4.78, 5) is 13.7. The van der Waals surface area contributed by atoms with Gasteiger partial charge in [-0.3, -0.25) is 4.79 Å². The number of anilines is 2. The Balaban J connectivity index is 2.46. The van der Waals surface area contributed by atoms with E-state index in [0.29, 0.717) is 18.8 Å². The molecule has 110 valence electrons. The van der Waals surface area contributed by atoms with Gasteiger partial charge in [-0.2, -0.15) is 0 Å². The molecule has 1 aliphatic heterocycles. The minimum atomic E-state index is -3.79. The lowest BCUT2D eigenvalue weighted by Crippen LogP contribution is -2.62. The molecule has 0 spiro atoms. The van der Waals surface area contributed by atoms with Crippen LogP contribution >= 0.6 is 0 Å². The van der Waals surface area contributed by atoms with Gasteiger partial charge in [-0.15, -0.1) is 0 Å². The summed E-state index contributed by atoms with van der Waals surface area (Å²) in [6.45, 7) is 4.68. The van der Waals surface area contributed by atoms with Gasteiger partial charge >= 0.3 is 0 Å². The summed E-state index contributed by atoms with van der Waals surface area (Å²) >= 11 is 0. The molecule has 1 heterocycles. The SMILES string of the molecule is CC1(C)C(=O)NCCN1c1ccc(S(N)(=O)=O)cc1N. The van der Waals surface area contributed by atoms with Gasteiger partial charge in [-0.05, 0) is 32.0 Å². The van der Waals surface area contributed by atoms with Gasteiger partial charge in [0.2, 0.25) is 15.9 Å². The van der Waals surface area contributed by atoms with E-state index in [-0.39, 0.29) is 16.5 Å². The van der Waals surface area contributed by atoms with E-state index in [4.69, 9.17) is 10.9 Å². The Morgan fingerprint density at radius 1 is 1.35 bits per heavy atom. The Kier molecular flexibility index (Phi) is 3.39. The molecule has 0 atom stereocenters. The highest BCUT2D eigenvalue weighted by Gasteiger charge is 2.38. The largest absolute Gasteiger partial charge is 0.397 e. The lowest BCUT2D eigenvalue weighted by molar-refractivity contribution is -0.126. The standard InChI is InChI=1S/C12H18N4O3S/c1-12(2)11(17)15-5-6-16(12)10-4-3-8(7-9(10)13)20(14,18)19/h3-4,7H,5-6,13H2,1-2H3,(H,15,17)(H2,14,18,19). The van der Waals surface area contributed by atoms with Crippen molar-refractivity contribution in [3.05, 3.63) is 18.2 Å². The van der Waals surface area contributed by atoms with Gasteiger partial charge in [0, 0.05) is 13.1 Å². The molecule has 1 aromatic carbocycles. The van der Waals surface area contributed by atoms with Crippen LogP contribution in [-0.4, -0.2) is 33.0 Å². The van der Waals surface area contributed by atoms with Gasteiger partial charge in [-0.25, -0.2) is 13.6 Å². The Morgan fingerprint density at radius 3 is 2.55 bits per heavy atom. The second-order valence-electron chi connectivity index (χ2n) is 5.23. The van der Waals surface area contributed by atoms with Gasteiger partial charge in [0.1, 0.15) is 5.54 Å². The van der Waals surface area contributed by atoms with Crippen LogP contribution in [0.5, 0.6) is 0 Å². The minimum absolute atomic E-state index is 0.0435.